The van der Waals surface area contributed by atoms with Gasteiger partial charge < -0.3 is 14.6 Å². The Morgan fingerprint density at radius 2 is 1.77 bits per heavy atom. The van der Waals surface area contributed by atoms with E-state index in [1.165, 1.54) is 25.5 Å². The summed E-state index contributed by atoms with van der Waals surface area (Å²) in [5, 5.41) is 9.42. The van der Waals surface area contributed by atoms with Crippen LogP contribution in [0, 0.1) is 19.9 Å². The molecule has 3 rings (SSSR count). The molecule has 0 bridgehead atoms. The quantitative estimate of drug-likeness (QED) is 0.254. The maximum Gasteiger partial charge on any atom is 0.155 e. The summed E-state index contributed by atoms with van der Waals surface area (Å²) < 4.78 is 10.9. The second-order valence-electron chi connectivity index (χ2n) is 6.75. The first kappa shape index (κ1) is 25.3. The second-order valence-corrected chi connectivity index (χ2v) is 6.75. The molecule has 0 spiro atoms. The van der Waals surface area contributed by atoms with Crippen molar-refractivity contribution in [2.75, 3.05) is 14.2 Å². The van der Waals surface area contributed by atoms with Crippen LogP contribution in [-0.4, -0.2) is 30.1 Å². The number of carbonyl (C=O) groups excluding carboxylic acids is 1. The van der Waals surface area contributed by atoms with E-state index in [1.54, 1.807) is 14.2 Å². The molecule has 0 aliphatic heterocycles. The third kappa shape index (κ3) is 6.97. The van der Waals surface area contributed by atoms with Crippen LogP contribution in [0.1, 0.15) is 25.0 Å². The fraction of sp³-hybridized carbons (Fsp3) is 0.250. The van der Waals surface area contributed by atoms with Crippen molar-refractivity contribution >= 4 is 16.7 Å². The molecule has 0 saturated carbocycles. The Hall–Kier alpha value is -2.69. The maximum absolute atomic E-state index is 10.0. The van der Waals surface area contributed by atoms with E-state index in [0.717, 1.165) is 39.2 Å². The smallest absolute Gasteiger partial charge is 0.155 e. The molecule has 0 aliphatic rings. The van der Waals surface area contributed by atoms with Gasteiger partial charge in [0, 0.05) is 43.0 Å². The van der Waals surface area contributed by atoms with Crippen molar-refractivity contribution in [1.29, 1.82) is 0 Å². The van der Waals surface area contributed by atoms with E-state index >= 15 is 0 Å². The van der Waals surface area contributed by atoms with E-state index in [-0.39, 0.29) is 31.6 Å². The molecule has 1 heterocycles. The van der Waals surface area contributed by atoms with Crippen LogP contribution in [0.15, 0.2) is 48.2 Å². The summed E-state index contributed by atoms with van der Waals surface area (Å²) in [6.07, 6.45) is 1.17. The van der Waals surface area contributed by atoms with Gasteiger partial charge in [-0.1, -0.05) is 25.1 Å². The number of fused-ring (bicyclic) bond motifs is 1. The minimum atomic E-state index is -0.125. The van der Waals surface area contributed by atoms with Crippen LogP contribution < -0.4 is 9.47 Å². The predicted octanol–water partition coefficient (Wildman–Crippen LogP) is 5.37. The standard InChI is InChI=1S/C19H18NO2.C5H8O2.Ir/c1-12-5-6-14-11-18(22-4)19(20-17(14)9-12)15-7-13(2)8-16(10-15)21-3;1-4(6)3-5(2)7;/h5-6,8-11H,1-4H3;3,6H,1-2H3;/q-1;;/b;4-3-;. The third-order valence-corrected chi connectivity index (χ3v) is 4.04. The summed E-state index contributed by atoms with van der Waals surface area (Å²) in [6.45, 7) is 6.90. The average Bonchev–Trinajstić information content (AvgIpc) is 2.65. The Bertz CT molecular complexity index is 1060. The Labute approximate surface area is 191 Å². The zero-order valence-electron chi connectivity index (χ0n) is 18.0. The van der Waals surface area contributed by atoms with Gasteiger partial charge in [-0.15, -0.1) is 23.3 Å². The van der Waals surface area contributed by atoms with Crippen molar-refractivity contribution < 1.29 is 39.5 Å². The minimum Gasteiger partial charge on any atom is -0.516 e. The van der Waals surface area contributed by atoms with Gasteiger partial charge in [-0.3, -0.25) is 9.78 Å². The minimum absolute atomic E-state index is 0. The number of nitrogens with zero attached hydrogens (tertiary/aromatic N) is 1. The number of ether oxygens (including phenoxy) is 2. The average molecular weight is 585 g/mol. The first-order chi connectivity index (χ1) is 13.7. The fourth-order valence-corrected chi connectivity index (χ4v) is 2.83. The molecule has 1 radical (unpaired) electrons. The van der Waals surface area contributed by atoms with Crippen molar-refractivity contribution in [3.8, 4) is 22.8 Å². The molecule has 5 nitrogen and oxygen atoms in total. The van der Waals surface area contributed by atoms with E-state index in [4.69, 9.17) is 19.6 Å². The van der Waals surface area contributed by atoms with Crippen molar-refractivity contribution in [3.05, 3.63) is 65.4 Å². The molecule has 0 unspecified atom stereocenters. The molecular weight excluding hydrogens is 558 g/mol. The number of aromatic nitrogens is 1. The Morgan fingerprint density at radius 1 is 1.07 bits per heavy atom. The number of hydrogen-bond donors (Lipinski definition) is 1. The van der Waals surface area contributed by atoms with Gasteiger partial charge in [0.05, 0.1) is 25.5 Å². The summed E-state index contributed by atoms with van der Waals surface area (Å²) in [7, 11) is 3.32. The molecule has 0 saturated heterocycles. The predicted molar refractivity (Wildman–Crippen MR) is 116 cm³/mol. The number of aliphatic hydroxyl groups excluding tert-OH is 1. The van der Waals surface area contributed by atoms with Gasteiger partial charge in [0.2, 0.25) is 0 Å². The van der Waals surface area contributed by atoms with E-state index in [1.807, 2.05) is 25.1 Å². The summed E-state index contributed by atoms with van der Waals surface area (Å²) in [5.41, 5.74) is 4.79. The summed E-state index contributed by atoms with van der Waals surface area (Å²) in [5.74, 6) is 1.46. The zero-order valence-corrected chi connectivity index (χ0v) is 20.4. The first-order valence-corrected chi connectivity index (χ1v) is 9.15. The molecule has 161 valence electrons. The van der Waals surface area contributed by atoms with Gasteiger partial charge in [-0.2, -0.15) is 0 Å². The van der Waals surface area contributed by atoms with Gasteiger partial charge in [0.25, 0.3) is 0 Å². The van der Waals surface area contributed by atoms with Gasteiger partial charge in [-0.05, 0) is 38.5 Å². The maximum atomic E-state index is 10.0. The zero-order chi connectivity index (χ0) is 21.6. The molecule has 0 aliphatic carbocycles. The van der Waals surface area contributed by atoms with E-state index in [9.17, 15) is 4.79 Å². The van der Waals surface area contributed by atoms with E-state index < -0.39 is 0 Å². The molecule has 0 fully saturated rings. The molecule has 0 atom stereocenters. The molecule has 1 aromatic heterocycles. The molecular formula is C24H26IrNO4-. The number of benzene rings is 2. The molecule has 30 heavy (non-hydrogen) atoms. The molecule has 3 aromatic rings. The van der Waals surface area contributed by atoms with Crippen LogP contribution in [0.5, 0.6) is 11.5 Å². The van der Waals surface area contributed by atoms with E-state index in [2.05, 4.69) is 31.2 Å². The van der Waals surface area contributed by atoms with Crippen LogP contribution in [0.2, 0.25) is 0 Å². The first-order valence-electron chi connectivity index (χ1n) is 9.15. The van der Waals surface area contributed by atoms with Crippen LogP contribution in [-0.2, 0) is 24.9 Å². The van der Waals surface area contributed by atoms with Crippen molar-refractivity contribution in [2.45, 2.75) is 27.7 Å². The third-order valence-electron chi connectivity index (χ3n) is 4.04. The Balaban J connectivity index is 0.000000489. The molecule has 6 heteroatoms. The number of ketones is 1. The summed E-state index contributed by atoms with van der Waals surface area (Å²) >= 11 is 0. The second kappa shape index (κ2) is 11.5. The van der Waals surface area contributed by atoms with Gasteiger partial charge in [0.15, 0.2) is 5.78 Å². The number of allylic oxidation sites excluding steroid dienone is 2. The van der Waals surface area contributed by atoms with Gasteiger partial charge >= 0.3 is 0 Å². The number of carbonyl (C=O) groups is 1. The summed E-state index contributed by atoms with van der Waals surface area (Å²) in [4.78, 5) is 14.8. The fourth-order valence-electron chi connectivity index (χ4n) is 2.83. The van der Waals surface area contributed by atoms with Crippen LogP contribution >= 0.6 is 0 Å². The molecule has 0 amide bonds. The van der Waals surface area contributed by atoms with Gasteiger partial charge in [-0.25, -0.2) is 0 Å². The monoisotopic (exact) mass is 585 g/mol. The normalized spacial score (nSPS) is 10.5. The Kier molecular flexibility index (Phi) is 9.70. The van der Waals surface area contributed by atoms with Crippen LogP contribution in [0.3, 0.4) is 0 Å². The van der Waals surface area contributed by atoms with Crippen molar-refractivity contribution in [3.63, 3.8) is 0 Å². The van der Waals surface area contributed by atoms with Crippen LogP contribution in [0.4, 0.5) is 0 Å². The Morgan fingerprint density at radius 3 is 2.30 bits per heavy atom. The number of methoxy groups -OCH3 is 2. The number of aliphatic hydroxyl groups is 1. The molecule has 2 aromatic carbocycles. The van der Waals surface area contributed by atoms with Crippen molar-refractivity contribution in [2.24, 2.45) is 0 Å². The topological polar surface area (TPSA) is 68.7 Å². The van der Waals surface area contributed by atoms with Crippen molar-refractivity contribution in [1.82, 2.24) is 4.98 Å². The van der Waals surface area contributed by atoms with E-state index in [0.29, 0.717) is 0 Å². The summed E-state index contributed by atoms with van der Waals surface area (Å²) in [6, 6.07) is 15.4. The van der Waals surface area contributed by atoms with Crippen LogP contribution in [0.25, 0.3) is 22.2 Å². The SMILES string of the molecule is CC(=O)/C=C(/C)O.COc1cc(C)[c-]c(-c2nc3cc(C)ccc3cc2OC)c1.[Ir]. The number of aryl methyl sites for hydroxylation is 2. The largest absolute Gasteiger partial charge is 0.516 e. The number of pyridine rings is 1. The number of rotatable bonds is 4. The number of hydrogen-bond acceptors (Lipinski definition) is 5. The van der Waals surface area contributed by atoms with Gasteiger partial charge in [0.1, 0.15) is 5.75 Å². The molecule has 1 N–H and O–H groups in total.